The number of aromatic nitrogens is 4. The van der Waals surface area contributed by atoms with E-state index in [1.165, 1.54) is 5.56 Å². The van der Waals surface area contributed by atoms with E-state index in [4.69, 9.17) is 4.74 Å². The predicted octanol–water partition coefficient (Wildman–Crippen LogP) is 5.51. The highest BCUT2D eigenvalue weighted by Gasteiger charge is 2.12. The van der Waals surface area contributed by atoms with Crippen LogP contribution in [0.3, 0.4) is 0 Å². The number of nitrogens with zero attached hydrogens (tertiary/aromatic N) is 4. The summed E-state index contributed by atoms with van der Waals surface area (Å²) in [6.07, 6.45) is 2.21. The topological polar surface area (TPSA) is 64.9 Å². The summed E-state index contributed by atoms with van der Waals surface area (Å²) < 4.78 is 7.56. The average Bonchev–Trinajstić information content (AvgIpc) is 3.26. The van der Waals surface area contributed by atoms with Crippen LogP contribution in [0.4, 0.5) is 0 Å². The molecule has 1 atom stereocenters. The van der Waals surface area contributed by atoms with Gasteiger partial charge in [-0.3, -0.25) is 0 Å². The second-order valence-electron chi connectivity index (χ2n) is 7.09. The molecule has 6 nitrogen and oxygen atoms in total. The molecule has 0 radical (unpaired) electrons. The summed E-state index contributed by atoms with van der Waals surface area (Å²) >= 11 is 0. The quantitative estimate of drug-likeness (QED) is 0.375. The molecule has 0 aliphatic rings. The van der Waals surface area contributed by atoms with Gasteiger partial charge >= 0.3 is 6.01 Å². The predicted molar refractivity (Wildman–Crippen MR) is 124 cm³/mol. The third kappa shape index (κ3) is 5.90. The first-order valence-corrected chi connectivity index (χ1v) is 10.2. The van der Waals surface area contributed by atoms with Crippen LogP contribution in [-0.2, 0) is 6.54 Å². The van der Waals surface area contributed by atoms with Gasteiger partial charge in [0.1, 0.15) is 5.75 Å². The first-order chi connectivity index (χ1) is 14.8. The minimum absolute atomic E-state index is 0. The van der Waals surface area contributed by atoms with Crippen molar-refractivity contribution in [3.05, 3.63) is 96.1 Å². The minimum Gasteiger partial charge on any atom is -0.423 e. The Balaban J connectivity index is 0.00000272. The fourth-order valence-electron chi connectivity index (χ4n) is 3.40. The standard InChI is InChI=1S/C24H25N5O.ClH/c1-2-10-23(20-12-5-3-6-13-20)25-18-19-11-9-16-22(17-19)30-24-26-27-28-29(24)21-14-7-4-8-15-21;/h3-9,11-17,23,25H,2,10,18H2,1H3;1H. The van der Waals surface area contributed by atoms with Gasteiger partial charge < -0.3 is 10.1 Å². The van der Waals surface area contributed by atoms with E-state index < -0.39 is 0 Å². The van der Waals surface area contributed by atoms with Gasteiger partial charge in [-0.1, -0.05) is 79.1 Å². The molecular weight excluding hydrogens is 410 g/mol. The first kappa shape index (κ1) is 22.5. The van der Waals surface area contributed by atoms with Crippen LogP contribution in [-0.4, -0.2) is 20.2 Å². The largest absolute Gasteiger partial charge is 0.423 e. The second-order valence-corrected chi connectivity index (χ2v) is 7.09. The molecule has 0 amide bonds. The fourth-order valence-corrected chi connectivity index (χ4v) is 3.40. The van der Waals surface area contributed by atoms with Gasteiger partial charge in [-0.05, 0) is 52.2 Å². The van der Waals surface area contributed by atoms with Crippen LogP contribution in [0.5, 0.6) is 11.8 Å². The lowest BCUT2D eigenvalue weighted by Crippen LogP contribution is -2.20. The molecule has 1 heterocycles. The smallest absolute Gasteiger partial charge is 0.345 e. The summed E-state index contributed by atoms with van der Waals surface area (Å²) in [6.45, 7) is 2.96. The number of nitrogens with one attached hydrogen (secondary N) is 1. The van der Waals surface area contributed by atoms with Crippen LogP contribution >= 0.6 is 12.4 Å². The zero-order valence-electron chi connectivity index (χ0n) is 17.4. The van der Waals surface area contributed by atoms with Crippen molar-refractivity contribution in [1.82, 2.24) is 25.5 Å². The number of benzene rings is 3. The van der Waals surface area contributed by atoms with Crippen molar-refractivity contribution in [3.8, 4) is 17.4 Å². The molecule has 0 fully saturated rings. The van der Waals surface area contributed by atoms with E-state index in [0.29, 0.717) is 17.8 Å². The van der Waals surface area contributed by atoms with Crippen molar-refractivity contribution < 1.29 is 4.74 Å². The van der Waals surface area contributed by atoms with Crippen molar-refractivity contribution in [2.75, 3.05) is 0 Å². The van der Waals surface area contributed by atoms with E-state index in [2.05, 4.69) is 64.2 Å². The van der Waals surface area contributed by atoms with Crippen molar-refractivity contribution in [1.29, 1.82) is 0 Å². The molecule has 0 saturated heterocycles. The Hall–Kier alpha value is -3.22. The van der Waals surface area contributed by atoms with E-state index in [9.17, 15) is 0 Å². The van der Waals surface area contributed by atoms with Crippen LogP contribution in [0.15, 0.2) is 84.9 Å². The van der Waals surface area contributed by atoms with Gasteiger partial charge in [-0.15, -0.1) is 12.4 Å². The zero-order valence-corrected chi connectivity index (χ0v) is 18.2. The van der Waals surface area contributed by atoms with Crippen molar-refractivity contribution in [2.45, 2.75) is 32.4 Å². The number of rotatable bonds is 9. The van der Waals surface area contributed by atoms with E-state index in [1.54, 1.807) is 4.68 Å². The van der Waals surface area contributed by atoms with Crippen molar-refractivity contribution in [2.24, 2.45) is 0 Å². The van der Waals surface area contributed by atoms with Gasteiger partial charge in [0.05, 0.1) is 5.69 Å². The highest BCUT2D eigenvalue weighted by Crippen LogP contribution is 2.23. The number of halogens is 1. The zero-order chi connectivity index (χ0) is 20.6. The second kappa shape index (κ2) is 11.2. The summed E-state index contributed by atoms with van der Waals surface area (Å²) in [4.78, 5) is 0. The molecule has 160 valence electrons. The third-order valence-electron chi connectivity index (χ3n) is 4.88. The lowest BCUT2D eigenvalue weighted by Gasteiger charge is -2.19. The molecule has 0 spiro atoms. The Bertz CT molecular complexity index is 1060. The van der Waals surface area contributed by atoms with Gasteiger partial charge in [0.2, 0.25) is 0 Å². The van der Waals surface area contributed by atoms with E-state index >= 15 is 0 Å². The number of tetrazole rings is 1. The molecule has 0 aliphatic heterocycles. The van der Waals surface area contributed by atoms with E-state index in [1.807, 2.05) is 48.5 Å². The molecule has 4 aromatic rings. The first-order valence-electron chi connectivity index (χ1n) is 10.2. The molecule has 4 rings (SSSR count). The van der Waals surface area contributed by atoms with E-state index in [0.717, 1.165) is 30.6 Å². The third-order valence-corrected chi connectivity index (χ3v) is 4.88. The maximum absolute atomic E-state index is 5.98. The maximum Gasteiger partial charge on any atom is 0.345 e. The normalized spacial score (nSPS) is 11.5. The Labute approximate surface area is 188 Å². The molecule has 31 heavy (non-hydrogen) atoms. The molecule has 1 N–H and O–H groups in total. The molecule has 1 unspecified atom stereocenters. The highest BCUT2D eigenvalue weighted by molar-refractivity contribution is 5.85. The molecule has 0 aliphatic carbocycles. The van der Waals surface area contributed by atoms with Crippen molar-refractivity contribution >= 4 is 12.4 Å². The van der Waals surface area contributed by atoms with Crippen LogP contribution in [0.25, 0.3) is 5.69 Å². The van der Waals surface area contributed by atoms with Crippen LogP contribution < -0.4 is 10.1 Å². The number of ether oxygens (including phenoxy) is 1. The SMILES string of the molecule is CCCC(NCc1cccc(Oc2nnnn2-c2ccccc2)c1)c1ccccc1.Cl. The van der Waals surface area contributed by atoms with Crippen LogP contribution in [0.2, 0.25) is 0 Å². The summed E-state index contributed by atoms with van der Waals surface area (Å²) in [6, 6.07) is 28.9. The van der Waals surface area contributed by atoms with Crippen LogP contribution in [0.1, 0.15) is 36.9 Å². The highest BCUT2D eigenvalue weighted by atomic mass is 35.5. The molecule has 1 aromatic heterocycles. The number of hydrogen-bond acceptors (Lipinski definition) is 5. The van der Waals surface area contributed by atoms with Crippen molar-refractivity contribution in [3.63, 3.8) is 0 Å². The Morgan fingerprint density at radius 3 is 2.42 bits per heavy atom. The lowest BCUT2D eigenvalue weighted by atomic mass is 10.0. The van der Waals surface area contributed by atoms with Gasteiger partial charge in [0, 0.05) is 12.6 Å². The average molecular weight is 436 g/mol. The van der Waals surface area contributed by atoms with Gasteiger partial charge in [-0.2, -0.15) is 4.68 Å². The minimum atomic E-state index is 0. The molecule has 0 saturated carbocycles. The molecule has 7 heteroatoms. The summed E-state index contributed by atoms with van der Waals surface area (Å²) in [5.41, 5.74) is 3.30. The van der Waals surface area contributed by atoms with Gasteiger partial charge in [-0.25, -0.2) is 0 Å². The van der Waals surface area contributed by atoms with Crippen LogP contribution in [0, 0.1) is 0 Å². The molecule has 3 aromatic carbocycles. The summed E-state index contributed by atoms with van der Waals surface area (Å²) in [5.74, 6) is 0.702. The van der Waals surface area contributed by atoms with E-state index in [-0.39, 0.29) is 12.4 Å². The van der Waals surface area contributed by atoms with Gasteiger partial charge in [0.15, 0.2) is 0 Å². The number of para-hydroxylation sites is 1. The summed E-state index contributed by atoms with van der Waals surface area (Å²) in [5, 5.41) is 15.5. The Morgan fingerprint density at radius 2 is 1.68 bits per heavy atom. The molecular formula is C24H26ClN5O. The fraction of sp³-hybridized carbons (Fsp3) is 0.208. The Morgan fingerprint density at radius 1 is 0.935 bits per heavy atom. The summed E-state index contributed by atoms with van der Waals surface area (Å²) in [7, 11) is 0. The Kier molecular flexibility index (Phi) is 8.15. The lowest BCUT2D eigenvalue weighted by molar-refractivity contribution is 0.426. The number of hydrogen-bond donors (Lipinski definition) is 1. The molecule has 0 bridgehead atoms. The van der Waals surface area contributed by atoms with Gasteiger partial charge in [0.25, 0.3) is 0 Å². The monoisotopic (exact) mass is 435 g/mol. The maximum atomic E-state index is 5.98.